The topological polar surface area (TPSA) is 75.9 Å². The summed E-state index contributed by atoms with van der Waals surface area (Å²) in [5, 5.41) is 4.65. The van der Waals surface area contributed by atoms with E-state index >= 15 is 0 Å². The van der Waals surface area contributed by atoms with Crippen molar-refractivity contribution in [1.29, 1.82) is 0 Å². The molecule has 3 unspecified atom stereocenters. The monoisotopic (exact) mass is 285 g/mol. The molecule has 0 aliphatic heterocycles. The number of fused-ring (bicyclic) bond motifs is 1. The number of hydrogen-bond acceptors (Lipinski definition) is 5. The second-order valence-corrected chi connectivity index (χ2v) is 6.17. The molecule has 0 amide bonds. The van der Waals surface area contributed by atoms with E-state index in [1.165, 1.54) is 19.3 Å². The number of nitrogens with zero attached hydrogens (tertiary/aromatic N) is 2. The van der Waals surface area contributed by atoms with Gasteiger partial charge < -0.3 is 5.32 Å². The van der Waals surface area contributed by atoms with E-state index in [-0.39, 0.29) is 0 Å². The first-order chi connectivity index (χ1) is 10.2. The molecule has 1 aliphatic carbocycles. The summed E-state index contributed by atoms with van der Waals surface area (Å²) in [7, 11) is 0. The van der Waals surface area contributed by atoms with Crippen LogP contribution in [0, 0.1) is 11.8 Å². The highest BCUT2D eigenvalue weighted by atomic mass is 15.3. The van der Waals surface area contributed by atoms with Gasteiger partial charge in [-0.1, -0.05) is 26.0 Å². The Morgan fingerprint density at radius 3 is 2.67 bits per heavy atom. The van der Waals surface area contributed by atoms with Gasteiger partial charge in [-0.3, -0.25) is 5.43 Å². The van der Waals surface area contributed by atoms with Crippen LogP contribution in [0.5, 0.6) is 0 Å². The van der Waals surface area contributed by atoms with E-state index in [2.05, 4.69) is 34.6 Å². The molecule has 1 saturated carbocycles. The fraction of sp³-hybridized carbons (Fsp3) is 0.500. The zero-order valence-corrected chi connectivity index (χ0v) is 12.6. The standard InChI is InChI=1S/C16H23N5/c1-10-7-8-12(9-11(10)2)18-15-13-5-3-4-6-14(13)19-16(20-15)21-17/h3-6,10-12H,7-9,17H2,1-2H3,(H2,18,19,20,21). The van der Waals surface area contributed by atoms with Crippen LogP contribution in [0.4, 0.5) is 11.8 Å². The Morgan fingerprint density at radius 2 is 1.90 bits per heavy atom. The van der Waals surface area contributed by atoms with Gasteiger partial charge in [-0.15, -0.1) is 0 Å². The number of nitrogen functional groups attached to an aromatic ring is 1. The minimum Gasteiger partial charge on any atom is -0.367 e. The van der Waals surface area contributed by atoms with Crippen LogP contribution in [0.2, 0.25) is 0 Å². The van der Waals surface area contributed by atoms with Crippen molar-refractivity contribution in [3.8, 4) is 0 Å². The molecule has 21 heavy (non-hydrogen) atoms. The highest BCUT2D eigenvalue weighted by Crippen LogP contribution is 2.32. The highest BCUT2D eigenvalue weighted by Gasteiger charge is 2.25. The molecule has 1 aromatic heterocycles. The number of benzene rings is 1. The quantitative estimate of drug-likeness (QED) is 0.596. The second-order valence-electron chi connectivity index (χ2n) is 6.17. The van der Waals surface area contributed by atoms with Crippen molar-refractivity contribution in [2.45, 2.75) is 39.2 Å². The average Bonchev–Trinajstić information content (AvgIpc) is 2.51. The Kier molecular flexibility index (Phi) is 3.92. The summed E-state index contributed by atoms with van der Waals surface area (Å²) >= 11 is 0. The van der Waals surface area contributed by atoms with Crippen LogP contribution >= 0.6 is 0 Å². The smallest absolute Gasteiger partial charge is 0.239 e. The molecule has 5 heteroatoms. The molecule has 112 valence electrons. The summed E-state index contributed by atoms with van der Waals surface area (Å²) in [5.74, 6) is 8.37. The van der Waals surface area contributed by atoms with Gasteiger partial charge in [-0.2, -0.15) is 4.98 Å². The summed E-state index contributed by atoms with van der Waals surface area (Å²) in [6, 6.07) is 8.49. The van der Waals surface area contributed by atoms with Gasteiger partial charge in [0.15, 0.2) is 0 Å². The minimum absolute atomic E-state index is 0.452. The number of aromatic nitrogens is 2. The Labute approximate surface area is 125 Å². The number of hydrazine groups is 1. The van der Waals surface area contributed by atoms with Gasteiger partial charge in [-0.05, 0) is 43.2 Å². The average molecular weight is 285 g/mol. The van der Waals surface area contributed by atoms with Gasteiger partial charge in [-0.25, -0.2) is 10.8 Å². The Hall–Kier alpha value is -1.88. The van der Waals surface area contributed by atoms with Crippen molar-refractivity contribution in [3.63, 3.8) is 0 Å². The van der Waals surface area contributed by atoms with Crippen molar-refractivity contribution in [1.82, 2.24) is 9.97 Å². The van der Waals surface area contributed by atoms with E-state index in [9.17, 15) is 0 Å². The number of rotatable bonds is 3. The predicted molar refractivity (Wildman–Crippen MR) is 86.9 cm³/mol. The first kappa shape index (κ1) is 14.1. The minimum atomic E-state index is 0.452. The van der Waals surface area contributed by atoms with Crippen LogP contribution < -0.4 is 16.6 Å². The van der Waals surface area contributed by atoms with Crippen LogP contribution in [0.25, 0.3) is 10.9 Å². The van der Waals surface area contributed by atoms with E-state index < -0.39 is 0 Å². The maximum Gasteiger partial charge on any atom is 0.239 e. The van der Waals surface area contributed by atoms with Gasteiger partial charge in [0.1, 0.15) is 5.82 Å². The fourth-order valence-corrected chi connectivity index (χ4v) is 3.12. The van der Waals surface area contributed by atoms with Crippen molar-refractivity contribution in [2.24, 2.45) is 17.7 Å². The summed E-state index contributed by atoms with van der Waals surface area (Å²) in [6.45, 7) is 4.68. The van der Waals surface area contributed by atoms with E-state index in [0.717, 1.165) is 28.6 Å². The molecule has 2 aromatic rings. The lowest BCUT2D eigenvalue weighted by atomic mass is 9.79. The van der Waals surface area contributed by atoms with Gasteiger partial charge >= 0.3 is 0 Å². The first-order valence-corrected chi connectivity index (χ1v) is 7.67. The molecule has 0 spiro atoms. The van der Waals surface area contributed by atoms with Crippen LogP contribution in [-0.4, -0.2) is 16.0 Å². The third-order valence-electron chi connectivity index (χ3n) is 4.67. The maximum absolute atomic E-state index is 5.48. The van der Waals surface area contributed by atoms with E-state index in [0.29, 0.717) is 12.0 Å². The van der Waals surface area contributed by atoms with Crippen molar-refractivity contribution >= 4 is 22.7 Å². The number of nitrogens with one attached hydrogen (secondary N) is 2. The summed E-state index contributed by atoms with van der Waals surface area (Å²) in [6.07, 6.45) is 3.64. The molecule has 1 heterocycles. The lowest BCUT2D eigenvalue weighted by Gasteiger charge is -2.33. The summed E-state index contributed by atoms with van der Waals surface area (Å²) in [5.41, 5.74) is 3.45. The van der Waals surface area contributed by atoms with Gasteiger partial charge in [0.2, 0.25) is 5.95 Å². The van der Waals surface area contributed by atoms with E-state index in [1.54, 1.807) is 0 Å². The predicted octanol–water partition coefficient (Wildman–Crippen LogP) is 3.15. The fourth-order valence-electron chi connectivity index (χ4n) is 3.12. The molecule has 3 rings (SSSR count). The van der Waals surface area contributed by atoms with Crippen molar-refractivity contribution < 1.29 is 0 Å². The number of anilines is 2. The molecule has 5 nitrogen and oxygen atoms in total. The molecule has 4 N–H and O–H groups in total. The summed E-state index contributed by atoms with van der Waals surface area (Å²) in [4.78, 5) is 8.89. The lowest BCUT2D eigenvalue weighted by molar-refractivity contribution is 0.260. The molecule has 0 bridgehead atoms. The molecular formula is C16H23N5. The molecule has 3 atom stereocenters. The normalized spacial score (nSPS) is 25.8. The lowest BCUT2D eigenvalue weighted by Crippen LogP contribution is -2.30. The van der Waals surface area contributed by atoms with Gasteiger partial charge in [0.05, 0.1) is 5.52 Å². The van der Waals surface area contributed by atoms with E-state index in [1.807, 2.05) is 24.3 Å². The Bertz CT molecular complexity index is 627. The van der Waals surface area contributed by atoms with Crippen LogP contribution in [-0.2, 0) is 0 Å². The second kappa shape index (κ2) is 5.85. The maximum atomic E-state index is 5.48. The van der Waals surface area contributed by atoms with Crippen molar-refractivity contribution in [2.75, 3.05) is 10.7 Å². The molecule has 1 aromatic carbocycles. The third kappa shape index (κ3) is 2.93. The molecule has 1 fully saturated rings. The summed E-state index contributed by atoms with van der Waals surface area (Å²) < 4.78 is 0. The first-order valence-electron chi connectivity index (χ1n) is 7.67. The number of nitrogens with two attached hydrogens (primary N) is 1. The number of para-hydroxylation sites is 1. The highest BCUT2D eigenvalue weighted by molar-refractivity contribution is 5.90. The molecular weight excluding hydrogens is 262 g/mol. The van der Waals surface area contributed by atoms with Crippen LogP contribution in [0.15, 0.2) is 24.3 Å². The van der Waals surface area contributed by atoms with Crippen molar-refractivity contribution in [3.05, 3.63) is 24.3 Å². The zero-order chi connectivity index (χ0) is 14.8. The van der Waals surface area contributed by atoms with E-state index in [4.69, 9.17) is 5.84 Å². The SMILES string of the molecule is CC1CCC(Nc2nc(NN)nc3ccccc23)CC1C. The van der Waals surface area contributed by atoms with Crippen LogP contribution in [0.3, 0.4) is 0 Å². The van der Waals surface area contributed by atoms with Gasteiger partial charge in [0.25, 0.3) is 0 Å². The number of hydrogen-bond donors (Lipinski definition) is 3. The zero-order valence-electron chi connectivity index (χ0n) is 12.6. The molecule has 0 radical (unpaired) electrons. The van der Waals surface area contributed by atoms with Crippen LogP contribution in [0.1, 0.15) is 33.1 Å². The Morgan fingerprint density at radius 1 is 1.10 bits per heavy atom. The molecule has 1 aliphatic rings. The molecule has 0 saturated heterocycles. The Balaban J connectivity index is 1.89. The van der Waals surface area contributed by atoms with Gasteiger partial charge in [0, 0.05) is 11.4 Å². The third-order valence-corrected chi connectivity index (χ3v) is 4.67. The largest absolute Gasteiger partial charge is 0.367 e.